The van der Waals surface area contributed by atoms with Crippen LogP contribution in [-0.4, -0.2) is 33.8 Å². The molecule has 0 unspecified atom stereocenters. The number of hydrogen-bond acceptors (Lipinski definition) is 6. The lowest BCUT2D eigenvalue weighted by Crippen LogP contribution is -2.24. The van der Waals surface area contributed by atoms with E-state index in [4.69, 9.17) is 4.74 Å². The molecule has 0 aliphatic rings. The van der Waals surface area contributed by atoms with E-state index in [9.17, 15) is 14.7 Å². The number of hydrogen-bond donors (Lipinski definition) is 3. The van der Waals surface area contributed by atoms with Crippen molar-refractivity contribution in [3.63, 3.8) is 0 Å². The number of rotatable bonds is 5. The number of H-pyrrole nitrogens is 1. The molecule has 0 spiro atoms. The van der Waals surface area contributed by atoms with Crippen molar-refractivity contribution in [3.8, 4) is 11.5 Å². The Bertz CT molecular complexity index is 848. The van der Waals surface area contributed by atoms with E-state index in [1.807, 2.05) is 0 Å². The van der Waals surface area contributed by atoms with Gasteiger partial charge in [0, 0.05) is 5.69 Å². The molecular formula is C15H15BrN4O4. The van der Waals surface area contributed by atoms with Gasteiger partial charge in [-0.1, -0.05) is 0 Å². The van der Waals surface area contributed by atoms with Gasteiger partial charge in [0.05, 0.1) is 17.3 Å². The van der Waals surface area contributed by atoms with Crippen molar-refractivity contribution >= 4 is 28.1 Å². The van der Waals surface area contributed by atoms with Gasteiger partial charge in [-0.3, -0.25) is 4.79 Å². The van der Waals surface area contributed by atoms with Crippen LogP contribution in [0.2, 0.25) is 0 Å². The number of nitrogens with one attached hydrogen (secondary N) is 2. The Balaban J connectivity index is 2.14. The number of ether oxygens (including phenoxy) is 1. The minimum atomic E-state index is -0.608. The third-order valence-corrected chi connectivity index (χ3v) is 3.45. The van der Waals surface area contributed by atoms with Gasteiger partial charge in [0.15, 0.2) is 11.5 Å². The summed E-state index contributed by atoms with van der Waals surface area (Å²) in [6, 6.07) is 4.63. The lowest BCUT2D eigenvalue weighted by atomic mass is 10.2. The highest BCUT2D eigenvalue weighted by Crippen LogP contribution is 2.34. The maximum atomic E-state index is 11.9. The van der Waals surface area contributed by atoms with Gasteiger partial charge in [-0.2, -0.15) is 10.1 Å². The van der Waals surface area contributed by atoms with Gasteiger partial charge in [-0.05, 0) is 53.5 Å². The molecule has 2 aromatic rings. The zero-order valence-electron chi connectivity index (χ0n) is 13.0. The SMILES string of the molecule is CCOc1cc(/C=N/NC(=O)c2cc(C)[nH]c(=O)n2)cc(Br)c1O. The fourth-order valence-corrected chi connectivity index (χ4v) is 2.31. The van der Waals surface area contributed by atoms with E-state index in [1.54, 1.807) is 26.0 Å². The lowest BCUT2D eigenvalue weighted by molar-refractivity contribution is 0.0949. The molecule has 1 heterocycles. The van der Waals surface area contributed by atoms with Crippen LogP contribution in [0.15, 0.2) is 32.6 Å². The molecule has 126 valence electrons. The molecule has 0 saturated carbocycles. The van der Waals surface area contributed by atoms with E-state index in [2.05, 4.69) is 36.4 Å². The summed E-state index contributed by atoms with van der Waals surface area (Å²) < 4.78 is 5.74. The number of carbonyl (C=O) groups is 1. The molecule has 3 N–H and O–H groups in total. The summed E-state index contributed by atoms with van der Waals surface area (Å²) in [5, 5.41) is 13.7. The number of hydrazone groups is 1. The number of nitrogens with zero attached hydrogens (tertiary/aromatic N) is 2. The fourth-order valence-electron chi connectivity index (χ4n) is 1.85. The largest absolute Gasteiger partial charge is 0.503 e. The Hall–Kier alpha value is -2.68. The Kier molecular flexibility index (Phi) is 5.69. The van der Waals surface area contributed by atoms with Gasteiger partial charge >= 0.3 is 5.69 Å². The van der Waals surface area contributed by atoms with Crippen molar-refractivity contribution in [3.05, 3.63) is 50.1 Å². The lowest BCUT2D eigenvalue weighted by Gasteiger charge is -2.08. The first-order valence-electron chi connectivity index (χ1n) is 6.97. The van der Waals surface area contributed by atoms with Crippen LogP contribution in [-0.2, 0) is 0 Å². The van der Waals surface area contributed by atoms with E-state index in [0.717, 1.165) is 0 Å². The van der Waals surface area contributed by atoms with E-state index < -0.39 is 11.6 Å². The number of phenolic OH excluding ortho intramolecular Hbond substituents is 1. The van der Waals surface area contributed by atoms with Crippen molar-refractivity contribution in [1.82, 2.24) is 15.4 Å². The molecule has 0 radical (unpaired) electrons. The predicted molar refractivity (Wildman–Crippen MR) is 91.6 cm³/mol. The summed E-state index contributed by atoms with van der Waals surface area (Å²) >= 11 is 3.21. The van der Waals surface area contributed by atoms with Gasteiger partial charge in [0.1, 0.15) is 5.69 Å². The summed E-state index contributed by atoms with van der Waals surface area (Å²) in [4.78, 5) is 29.2. The summed E-state index contributed by atoms with van der Waals surface area (Å²) in [6.45, 7) is 3.84. The van der Waals surface area contributed by atoms with Crippen LogP contribution >= 0.6 is 15.9 Å². The highest BCUT2D eigenvalue weighted by atomic mass is 79.9. The molecule has 0 saturated heterocycles. The average molecular weight is 395 g/mol. The zero-order chi connectivity index (χ0) is 17.7. The summed E-state index contributed by atoms with van der Waals surface area (Å²) in [6.07, 6.45) is 1.38. The summed E-state index contributed by atoms with van der Waals surface area (Å²) in [5.41, 5.74) is 2.77. The van der Waals surface area contributed by atoms with E-state index in [-0.39, 0.29) is 11.4 Å². The van der Waals surface area contributed by atoms with E-state index >= 15 is 0 Å². The molecule has 2 rings (SSSR count). The number of benzene rings is 1. The van der Waals surface area contributed by atoms with Crippen molar-refractivity contribution in [2.75, 3.05) is 6.61 Å². The number of amides is 1. The molecule has 8 nitrogen and oxygen atoms in total. The number of carbonyl (C=O) groups excluding carboxylic acids is 1. The quantitative estimate of drug-likeness (QED) is 0.527. The third-order valence-electron chi connectivity index (χ3n) is 2.84. The zero-order valence-corrected chi connectivity index (χ0v) is 14.5. The third kappa shape index (κ3) is 4.42. The second-order valence-electron chi connectivity index (χ2n) is 4.74. The second-order valence-corrected chi connectivity index (χ2v) is 5.59. The molecular weight excluding hydrogens is 380 g/mol. The van der Waals surface area contributed by atoms with E-state index in [0.29, 0.717) is 28.1 Å². The molecule has 0 bridgehead atoms. The number of aromatic nitrogens is 2. The first-order chi connectivity index (χ1) is 11.4. The molecule has 1 aromatic carbocycles. The van der Waals surface area contributed by atoms with Crippen LogP contribution in [0.25, 0.3) is 0 Å². The van der Waals surface area contributed by atoms with Crippen LogP contribution in [0.3, 0.4) is 0 Å². The molecule has 1 aromatic heterocycles. The highest BCUT2D eigenvalue weighted by molar-refractivity contribution is 9.10. The highest BCUT2D eigenvalue weighted by Gasteiger charge is 2.09. The van der Waals surface area contributed by atoms with Crippen LogP contribution in [0.4, 0.5) is 0 Å². The van der Waals surface area contributed by atoms with Gasteiger partial charge in [-0.25, -0.2) is 10.2 Å². The molecule has 0 fully saturated rings. The van der Waals surface area contributed by atoms with Crippen LogP contribution < -0.4 is 15.9 Å². The standard InChI is InChI=1S/C15H15BrN4O4/c1-3-24-12-6-9(5-10(16)13(12)21)7-17-20-14(22)11-4-8(2)18-15(23)19-11/h4-7,21H,3H2,1-2H3,(H,20,22)(H,18,19,23)/b17-7+. The second kappa shape index (κ2) is 7.73. The number of aromatic amines is 1. The summed E-state index contributed by atoms with van der Waals surface area (Å²) in [7, 11) is 0. The molecule has 0 atom stereocenters. The Morgan fingerprint density at radius 2 is 2.25 bits per heavy atom. The Morgan fingerprint density at radius 1 is 1.50 bits per heavy atom. The fraction of sp³-hybridized carbons (Fsp3) is 0.200. The van der Waals surface area contributed by atoms with Gasteiger partial charge < -0.3 is 14.8 Å². The first-order valence-corrected chi connectivity index (χ1v) is 7.76. The monoisotopic (exact) mass is 394 g/mol. The molecule has 24 heavy (non-hydrogen) atoms. The van der Waals surface area contributed by atoms with Crippen molar-refractivity contribution < 1.29 is 14.6 Å². The number of aromatic hydroxyl groups is 1. The van der Waals surface area contributed by atoms with Crippen LogP contribution in [0, 0.1) is 6.92 Å². The van der Waals surface area contributed by atoms with Crippen LogP contribution in [0.1, 0.15) is 28.7 Å². The number of phenols is 1. The predicted octanol–water partition coefficient (Wildman–Crippen LogP) is 1.71. The molecule has 1 amide bonds. The number of halogens is 1. The minimum absolute atomic E-state index is 0.0128. The van der Waals surface area contributed by atoms with Gasteiger partial charge in [0.2, 0.25) is 0 Å². The van der Waals surface area contributed by atoms with Crippen molar-refractivity contribution in [1.29, 1.82) is 0 Å². The average Bonchev–Trinajstić information content (AvgIpc) is 2.51. The van der Waals surface area contributed by atoms with Gasteiger partial charge in [-0.15, -0.1) is 0 Å². The Labute approximate surface area is 145 Å². The van der Waals surface area contributed by atoms with E-state index in [1.165, 1.54) is 12.3 Å². The maximum absolute atomic E-state index is 11.9. The smallest absolute Gasteiger partial charge is 0.345 e. The topological polar surface area (TPSA) is 117 Å². The number of aryl methyl sites for hydroxylation is 1. The minimum Gasteiger partial charge on any atom is -0.503 e. The molecule has 9 heteroatoms. The van der Waals surface area contributed by atoms with Gasteiger partial charge in [0.25, 0.3) is 5.91 Å². The summed E-state index contributed by atoms with van der Waals surface area (Å²) in [5.74, 6) is -0.323. The Morgan fingerprint density at radius 3 is 2.92 bits per heavy atom. The first kappa shape index (κ1) is 17.7. The maximum Gasteiger partial charge on any atom is 0.345 e. The molecule has 0 aliphatic carbocycles. The molecule has 0 aliphatic heterocycles. The van der Waals surface area contributed by atoms with Crippen molar-refractivity contribution in [2.24, 2.45) is 5.10 Å². The van der Waals surface area contributed by atoms with Crippen LogP contribution in [0.5, 0.6) is 11.5 Å². The normalized spacial score (nSPS) is 10.8. The van der Waals surface area contributed by atoms with Crippen molar-refractivity contribution in [2.45, 2.75) is 13.8 Å².